The number of nitrogens with zero attached hydrogens (tertiary/aromatic N) is 8. The van der Waals surface area contributed by atoms with Gasteiger partial charge in [0.2, 0.25) is 45.3 Å². The van der Waals surface area contributed by atoms with Gasteiger partial charge in [0.25, 0.3) is 0 Å². The summed E-state index contributed by atoms with van der Waals surface area (Å²) in [7, 11) is 1.09. The number of likely N-dealkylation sites (N-methyl/N-ethyl adjacent to an activating group) is 1. The summed E-state index contributed by atoms with van der Waals surface area (Å²) < 4.78 is 64.8. The lowest BCUT2D eigenvalue weighted by Gasteiger charge is -2.41. The lowest BCUT2D eigenvalue weighted by atomic mass is 9.89. The number of carbonyl (C=O) groups excluding carboxylic acids is 5. The minimum absolute atomic E-state index is 0.0325. The van der Waals surface area contributed by atoms with E-state index in [0.717, 1.165) is 36.8 Å². The molecule has 26 nitrogen and oxygen atoms in total. The Hall–Kier alpha value is -6.91. The SMILES string of the molecule is CC[C@H](C)[C@@H]([C@@H](CC(=O)N1CCC[C@H]1[C@H](OC)[C@@H](C)C(=O)N[C@@H](Cc1ccccc1)C(=O)O)OC)N(C)C(=O)[C@@H](NC(=O)[C@@H]1[C@H]2CC[C@H](C2)N1C(=O)CCCc1cn(CCOCCOCCOCCOc2ccc(-c3nnc(S(C)(=O)=O)o3)cc2)nn1)C(C)C. The Labute approximate surface area is 527 Å². The third-order valence-corrected chi connectivity index (χ3v) is 18.3. The van der Waals surface area contributed by atoms with Gasteiger partial charge in [0, 0.05) is 64.7 Å². The van der Waals surface area contributed by atoms with Gasteiger partial charge in [0.15, 0.2) is 0 Å². The third kappa shape index (κ3) is 19.1. The number of fused-ring (bicyclic) bond motifs is 2. The summed E-state index contributed by atoms with van der Waals surface area (Å²) in [6, 6.07) is 11.9. The zero-order valence-corrected chi connectivity index (χ0v) is 54.2. The number of aliphatic carboxylic acids is 1. The average Bonchev–Trinajstić information content (AvgIpc) is 1.84. The van der Waals surface area contributed by atoms with Crippen molar-refractivity contribution in [3.8, 4) is 17.2 Å². The predicted octanol–water partition coefficient (Wildman–Crippen LogP) is 4.44. The zero-order valence-electron chi connectivity index (χ0n) is 53.4. The fraction of sp³-hybridized carbons (Fsp3) is 0.651. The molecule has 0 unspecified atom stereocenters. The van der Waals surface area contributed by atoms with Crippen LogP contribution in [0.1, 0.15) is 104 Å². The van der Waals surface area contributed by atoms with Gasteiger partial charge in [-0.15, -0.1) is 10.2 Å². The van der Waals surface area contributed by atoms with Crippen LogP contribution in [-0.4, -0.2) is 218 Å². The maximum Gasteiger partial charge on any atom is 0.335 e. The van der Waals surface area contributed by atoms with Crippen LogP contribution in [0.2, 0.25) is 0 Å². The van der Waals surface area contributed by atoms with Crippen molar-refractivity contribution in [2.75, 3.05) is 80.3 Å². The lowest BCUT2D eigenvalue weighted by molar-refractivity contribution is -0.149. The van der Waals surface area contributed by atoms with E-state index in [0.29, 0.717) is 103 Å². The molecule has 11 atom stereocenters. The Balaban J connectivity index is 0.820. The largest absolute Gasteiger partial charge is 0.491 e. The molecule has 3 N–H and O–H groups in total. The molecule has 2 aliphatic heterocycles. The summed E-state index contributed by atoms with van der Waals surface area (Å²) in [5.41, 5.74) is 2.05. The van der Waals surface area contributed by atoms with E-state index >= 15 is 0 Å². The number of sulfone groups is 1. The maximum atomic E-state index is 14.8. The van der Waals surface area contributed by atoms with Gasteiger partial charge in [0.1, 0.15) is 30.5 Å². The number of ether oxygens (including phenoxy) is 6. The summed E-state index contributed by atoms with van der Waals surface area (Å²) in [5, 5.41) is 31.2. The Bertz CT molecular complexity index is 3080. The predicted molar refractivity (Wildman–Crippen MR) is 328 cm³/mol. The molecular formula is C63H92N10O16S. The second-order valence-corrected chi connectivity index (χ2v) is 26.0. The maximum absolute atomic E-state index is 14.8. The molecule has 2 saturated heterocycles. The molecule has 2 bridgehead atoms. The van der Waals surface area contributed by atoms with Crippen LogP contribution >= 0.6 is 0 Å². The molecule has 2 aromatic heterocycles. The summed E-state index contributed by atoms with van der Waals surface area (Å²) in [6.45, 7) is 12.9. The van der Waals surface area contributed by atoms with Gasteiger partial charge >= 0.3 is 11.2 Å². The molecule has 1 saturated carbocycles. The first-order chi connectivity index (χ1) is 43.1. The first-order valence-corrected chi connectivity index (χ1v) is 33.2. The van der Waals surface area contributed by atoms with Gasteiger partial charge in [-0.2, -0.15) is 0 Å². The first kappa shape index (κ1) is 70.5. The Morgan fingerprint density at radius 1 is 0.833 bits per heavy atom. The Kier molecular flexibility index (Phi) is 26.6. The highest BCUT2D eigenvalue weighted by atomic mass is 32.2. The minimum atomic E-state index is -3.60. The number of benzene rings is 2. The first-order valence-electron chi connectivity index (χ1n) is 31.3. The highest BCUT2D eigenvalue weighted by molar-refractivity contribution is 7.90. The minimum Gasteiger partial charge on any atom is -0.491 e. The number of hydrogen-bond acceptors (Lipinski definition) is 19. The van der Waals surface area contributed by atoms with Gasteiger partial charge in [0.05, 0.1) is 88.5 Å². The summed E-state index contributed by atoms with van der Waals surface area (Å²) in [6.07, 6.45) is 6.82. The normalized spacial score (nSPS) is 19.7. The van der Waals surface area contributed by atoms with Crippen LogP contribution in [0.3, 0.4) is 0 Å². The Morgan fingerprint density at radius 3 is 2.16 bits per heavy atom. The van der Waals surface area contributed by atoms with Crippen LogP contribution in [0.15, 0.2) is 70.4 Å². The fourth-order valence-electron chi connectivity index (χ4n) is 12.5. The van der Waals surface area contributed by atoms with E-state index in [-0.39, 0.29) is 72.6 Å². The van der Waals surface area contributed by atoms with Gasteiger partial charge in [-0.1, -0.05) is 81.7 Å². The third-order valence-electron chi connectivity index (χ3n) is 17.5. The number of amides is 5. The van der Waals surface area contributed by atoms with Crippen molar-refractivity contribution < 1.29 is 75.1 Å². The number of carboxylic acid groups (broad SMARTS) is 1. The van der Waals surface area contributed by atoms with Crippen LogP contribution in [0, 0.1) is 23.7 Å². The number of carbonyl (C=O) groups is 6. The number of aromatic nitrogens is 5. The molecule has 7 rings (SSSR count). The highest BCUT2D eigenvalue weighted by Crippen LogP contribution is 2.43. The number of rotatable bonds is 38. The molecule has 4 aromatic rings. The molecule has 4 heterocycles. The van der Waals surface area contributed by atoms with E-state index in [9.17, 15) is 42.3 Å². The molecule has 0 radical (unpaired) electrons. The van der Waals surface area contributed by atoms with Gasteiger partial charge < -0.3 is 63.3 Å². The number of likely N-dealkylation sites (tertiary alicyclic amines) is 2. The van der Waals surface area contributed by atoms with E-state index in [4.69, 9.17) is 32.8 Å². The molecule has 496 valence electrons. The number of piperidine rings is 1. The second kappa shape index (κ2) is 34.0. The standard InChI is InChI=1S/C63H92N10O16S/c1-10-41(4)55(51(83-7)38-53(75)72-27-15-19-50(72)57(84-8)42(5)58(76)64-49(62(79)80)36-43-16-12-11-13-17-43)70(6)61(78)54(40(2)3)65-59(77)56-45-21-24-47(37-45)73(56)52(74)20-14-18-46-39-71(69-66-46)28-29-85-30-31-86-32-33-87-34-35-88-48-25-22-44(23-26-48)60-67-68-63(89-60)90(9,81)82/h11-13,16-17,22-23,25-26,39-42,45,47,49-51,54-57H,10,14-15,18-21,24,27-38H2,1-9H3,(H,64,76)(H,65,77)(H,79,80)/t41-,42+,45-,47+,49-,50-,51+,54-,55-,56-,57+/m0/s1. The summed E-state index contributed by atoms with van der Waals surface area (Å²) >= 11 is 0. The lowest BCUT2D eigenvalue weighted by Crippen LogP contribution is -2.60. The van der Waals surface area contributed by atoms with Gasteiger partial charge in [-0.05, 0) is 92.5 Å². The fourth-order valence-corrected chi connectivity index (χ4v) is 12.9. The molecule has 0 spiro atoms. The highest BCUT2D eigenvalue weighted by Gasteiger charge is 2.52. The molecule has 3 aliphatic rings. The van der Waals surface area contributed by atoms with Crippen molar-refractivity contribution in [2.24, 2.45) is 23.7 Å². The Morgan fingerprint density at radius 2 is 1.52 bits per heavy atom. The molecule has 90 heavy (non-hydrogen) atoms. The smallest absolute Gasteiger partial charge is 0.335 e. The van der Waals surface area contributed by atoms with Crippen molar-refractivity contribution >= 4 is 45.3 Å². The molecular weight excluding hydrogens is 1180 g/mol. The molecule has 27 heteroatoms. The number of nitrogens with one attached hydrogen (secondary N) is 2. The van der Waals surface area contributed by atoms with Crippen LogP contribution in [0.25, 0.3) is 11.5 Å². The summed E-state index contributed by atoms with van der Waals surface area (Å²) in [4.78, 5) is 88.9. The number of carboxylic acids is 1. The van der Waals surface area contributed by atoms with Crippen molar-refractivity contribution in [1.29, 1.82) is 0 Å². The van der Waals surface area contributed by atoms with Crippen LogP contribution < -0.4 is 15.4 Å². The van der Waals surface area contributed by atoms with Crippen LogP contribution in [0.4, 0.5) is 0 Å². The number of aryl methyl sites for hydroxylation is 1. The van der Waals surface area contributed by atoms with Crippen LogP contribution in [0.5, 0.6) is 5.75 Å². The van der Waals surface area contributed by atoms with E-state index in [1.54, 1.807) is 69.8 Å². The monoisotopic (exact) mass is 1280 g/mol. The van der Waals surface area contributed by atoms with Crippen molar-refractivity contribution in [3.63, 3.8) is 0 Å². The topological polar surface area (TPSA) is 316 Å². The molecule has 1 aliphatic carbocycles. The molecule has 2 aromatic carbocycles. The van der Waals surface area contributed by atoms with Crippen molar-refractivity contribution in [3.05, 3.63) is 72.1 Å². The average molecular weight is 1280 g/mol. The van der Waals surface area contributed by atoms with Crippen molar-refractivity contribution in [1.82, 2.24) is 50.5 Å². The van der Waals surface area contributed by atoms with Gasteiger partial charge in [-0.25, -0.2) is 17.9 Å². The molecule has 3 fully saturated rings. The number of methoxy groups -OCH3 is 2. The summed E-state index contributed by atoms with van der Waals surface area (Å²) in [5.74, 6) is -3.31. The van der Waals surface area contributed by atoms with E-state index < -0.39 is 75.3 Å². The zero-order chi connectivity index (χ0) is 65.1. The van der Waals surface area contributed by atoms with Crippen molar-refractivity contribution in [2.45, 2.75) is 165 Å². The molecule has 5 amide bonds. The van der Waals surface area contributed by atoms with Gasteiger partial charge in [-0.3, -0.25) is 24.0 Å². The van der Waals surface area contributed by atoms with E-state index in [1.807, 2.05) is 52.1 Å². The number of hydrogen-bond donors (Lipinski definition) is 3. The van der Waals surface area contributed by atoms with E-state index in [1.165, 1.54) is 14.2 Å². The quantitative estimate of drug-likeness (QED) is 0.0522. The van der Waals surface area contributed by atoms with E-state index in [2.05, 4.69) is 31.1 Å². The van der Waals surface area contributed by atoms with Crippen LogP contribution in [-0.2, 0) is 81.7 Å². The second-order valence-electron chi connectivity index (χ2n) is 24.1.